The van der Waals surface area contributed by atoms with Crippen LogP contribution in [0.4, 0.5) is 0 Å². The maximum absolute atomic E-state index is 12.1. The van der Waals surface area contributed by atoms with E-state index in [-0.39, 0.29) is 18.1 Å². The van der Waals surface area contributed by atoms with Gasteiger partial charge in [0.1, 0.15) is 0 Å². The highest BCUT2D eigenvalue weighted by Gasteiger charge is 2.14. The lowest BCUT2D eigenvalue weighted by atomic mass is 10.0. The first kappa shape index (κ1) is 61.7. The molecular formula is C49H92O15S. The molecule has 0 aliphatic carbocycles. The van der Waals surface area contributed by atoms with Crippen LogP contribution in [-0.2, 0) is 71.1 Å². The topological polar surface area (TPSA) is 154 Å². The van der Waals surface area contributed by atoms with Crippen molar-refractivity contribution in [3.63, 3.8) is 0 Å². The molecule has 0 aliphatic heterocycles. The van der Waals surface area contributed by atoms with Crippen molar-refractivity contribution >= 4 is 10.1 Å². The van der Waals surface area contributed by atoms with Gasteiger partial charge in [-0.3, -0.25) is 4.18 Å². The summed E-state index contributed by atoms with van der Waals surface area (Å²) >= 11 is 0. The number of unbranched alkanes of at least 4 members (excludes halogenated alkanes) is 15. The van der Waals surface area contributed by atoms with Gasteiger partial charge in [-0.1, -0.05) is 121 Å². The molecule has 0 saturated heterocycles. The molecule has 15 nitrogen and oxygen atoms in total. The average Bonchev–Trinajstić information content (AvgIpc) is 3.30. The van der Waals surface area contributed by atoms with E-state index in [0.29, 0.717) is 145 Å². The fourth-order valence-electron chi connectivity index (χ4n) is 6.25. The third-order valence-corrected chi connectivity index (χ3v) is 11.3. The summed E-state index contributed by atoms with van der Waals surface area (Å²) in [5.74, 6) is 0. The van der Waals surface area contributed by atoms with E-state index < -0.39 is 10.1 Å². The summed E-state index contributed by atoms with van der Waals surface area (Å²) in [5, 5.41) is 0. The van der Waals surface area contributed by atoms with Crippen molar-refractivity contribution in [3.8, 4) is 0 Å². The van der Waals surface area contributed by atoms with E-state index in [1.807, 2.05) is 6.92 Å². The largest absolute Gasteiger partial charge is 0.379 e. The molecule has 384 valence electrons. The molecule has 0 heterocycles. The zero-order valence-corrected chi connectivity index (χ0v) is 41.6. The molecule has 0 aromatic heterocycles. The first-order valence-corrected chi connectivity index (χ1v) is 26.4. The number of benzene rings is 1. The van der Waals surface area contributed by atoms with Crippen LogP contribution in [0.25, 0.3) is 0 Å². The van der Waals surface area contributed by atoms with Crippen LogP contribution in [0, 0.1) is 6.92 Å². The summed E-state index contributed by atoms with van der Waals surface area (Å²) < 4.78 is 95.4. The molecule has 0 bridgehead atoms. The summed E-state index contributed by atoms with van der Waals surface area (Å²) in [6.07, 6.45) is 22.1. The SMILES string of the molecule is CCCCCCCCCCCCCCCCCCOCCOCCOCCOCCOCCOCCOCCOCCOCCOCCOCCOCCOS(=O)(=O)c1ccc(C)cc1. The van der Waals surface area contributed by atoms with Crippen LogP contribution >= 0.6 is 0 Å². The molecule has 0 N–H and O–H groups in total. The highest BCUT2D eigenvalue weighted by atomic mass is 32.2. The minimum absolute atomic E-state index is 0.0600. The standard InChI is InChI=1S/C49H92O15S/c1-3-4-5-6-7-8-9-10-11-12-13-14-15-16-17-18-23-52-24-25-53-26-27-54-28-29-55-30-31-56-32-33-57-34-35-58-36-37-59-38-39-60-40-41-61-42-43-62-44-45-63-46-47-64-65(50,51)49-21-19-48(2)20-22-49/h19-22H,3-18,23-47H2,1-2H3. The quantitative estimate of drug-likeness (QED) is 0.0455. The molecule has 1 rings (SSSR count). The van der Waals surface area contributed by atoms with Gasteiger partial charge < -0.3 is 56.8 Å². The van der Waals surface area contributed by atoms with E-state index in [1.54, 1.807) is 12.1 Å². The van der Waals surface area contributed by atoms with E-state index in [9.17, 15) is 8.42 Å². The van der Waals surface area contributed by atoms with Gasteiger partial charge >= 0.3 is 0 Å². The molecule has 0 unspecified atom stereocenters. The Morgan fingerprint density at radius 1 is 0.292 bits per heavy atom. The van der Waals surface area contributed by atoms with Gasteiger partial charge in [0.05, 0.1) is 163 Å². The lowest BCUT2D eigenvalue weighted by molar-refractivity contribution is -0.0285. The monoisotopic (exact) mass is 953 g/mol. The lowest BCUT2D eigenvalue weighted by Crippen LogP contribution is -2.16. The van der Waals surface area contributed by atoms with Crippen molar-refractivity contribution in [2.45, 2.75) is 121 Å². The molecule has 0 aliphatic rings. The minimum atomic E-state index is -3.78. The van der Waals surface area contributed by atoms with Crippen LogP contribution in [0.1, 0.15) is 115 Å². The molecule has 0 saturated carbocycles. The Balaban J connectivity index is 1.62. The number of aryl methyl sites for hydroxylation is 1. The average molecular weight is 953 g/mol. The Bertz CT molecular complexity index is 1180. The van der Waals surface area contributed by atoms with Gasteiger partial charge in [0.25, 0.3) is 10.1 Å². The maximum atomic E-state index is 12.1. The van der Waals surface area contributed by atoms with Gasteiger partial charge in [-0.2, -0.15) is 8.42 Å². The van der Waals surface area contributed by atoms with Crippen molar-refractivity contribution in [1.29, 1.82) is 0 Å². The smallest absolute Gasteiger partial charge is 0.297 e. The van der Waals surface area contributed by atoms with Crippen LogP contribution in [0.3, 0.4) is 0 Å². The van der Waals surface area contributed by atoms with E-state index in [0.717, 1.165) is 18.6 Å². The summed E-state index contributed by atoms with van der Waals surface area (Å²) in [6.45, 7) is 15.9. The van der Waals surface area contributed by atoms with Crippen LogP contribution in [0.2, 0.25) is 0 Å². The summed E-state index contributed by atoms with van der Waals surface area (Å²) in [5.41, 5.74) is 0.976. The third-order valence-electron chi connectivity index (χ3n) is 10.0. The molecule has 0 radical (unpaired) electrons. The van der Waals surface area contributed by atoms with Crippen molar-refractivity contribution in [3.05, 3.63) is 29.8 Å². The molecule has 1 aromatic rings. The number of ether oxygens (including phenoxy) is 12. The van der Waals surface area contributed by atoms with E-state index in [2.05, 4.69) is 6.92 Å². The molecule has 0 atom stereocenters. The zero-order chi connectivity index (χ0) is 46.7. The zero-order valence-electron chi connectivity index (χ0n) is 40.8. The van der Waals surface area contributed by atoms with E-state index in [4.69, 9.17) is 61.0 Å². The van der Waals surface area contributed by atoms with Gasteiger partial charge in [0.15, 0.2) is 0 Å². The number of hydrogen-bond donors (Lipinski definition) is 0. The van der Waals surface area contributed by atoms with Crippen LogP contribution in [0.15, 0.2) is 29.2 Å². The second-order valence-electron chi connectivity index (χ2n) is 15.7. The van der Waals surface area contributed by atoms with Crippen LogP contribution in [-0.4, -0.2) is 174 Å². The molecular weight excluding hydrogens is 861 g/mol. The minimum Gasteiger partial charge on any atom is -0.379 e. The normalized spacial score (nSPS) is 11.9. The maximum Gasteiger partial charge on any atom is 0.297 e. The highest BCUT2D eigenvalue weighted by molar-refractivity contribution is 7.86. The summed E-state index contributed by atoms with van der Waals surface area (Å²) in [7, 11) is -3.78. The van der Waals surface area contributed by atoms with Crippen molar-refractivity contribution < 1.29 is 69.4 Å². The Labute approximate surface area is 394 Å². The first-order chi connectivity index (χ1) is 32.1. The van der Waals surface area contributed by atoms with Gasteiger partial charge in [-0.15, -0.1) is 0 Å². The Morgan fingerprint density at radius 2 is 0.508 bits per heavy atom. The predicted molar refractivity (Wildman–Crippen MR) is 254 cm³/mol. The first-order valence-electron chi connectivity index (χ1n) is 24.9. The highest BCUT2D eigenvalue weighted by Crippen LogP contribution is 2.15. The van der Waals surface area contributed by atoms with E-state index >= 15 is 0 Å². The van der Waals surface area contributed by atoms with Gasteiger partial charge in [0, 0.05) is 6.61 Å². The van der Waals surface area contributed by atoms with Crippen molar-refractivity contribution in [2.75, 3.05) is 165 Å². The van der Waals surface area contributed by atoms with Gasteiger partial charge in [-0.25, -0.2) is 0 Å². The molecule has 1 aromatic carbocycles. The van der Waals surface area contributed by atoms with Gasteiger partial charge in [-0.05, 0) is 25.5 Å². The molecule has 0 spiro atoms. The molecule has 16 heteroatoms. The molecule has 0 fully saturated rings. The van der Waals surface area contributed by atoms with Crippen molar-refractivity contribution in [1.82, 2.24) is 0 Å². The lowest BCUT2D eigenvalue weighted by Gasteiger charge is -2.09. The predicted octanol–water partition coefficient (Wildman–Crippen LogP) is 8.16. The fraction of sp³-hybridized carbons (Fsp3) is 0.878. The Hall–Kier alpha value is -1.35. The van der Waals surface area contributed by atoms with Crippen LogP contribution < -0.4 is 0 Å². The van der Waals surface area contributed by atoms with Crippen molar-refractivity contribution in [2.24, 2.45) is 0 Å². The number of hydrogen-bond acceptors (Lipinski definition) is 15. The second kappa shape index (κ2) is 50.5. The Kier molecular flexibility index (Phi) is 47.9. The third kappa shape index (κ3) is 46.2. The van der Waals surface area contributed by atoms with Gasteiger partial charge in [0.2, 0.25) is 0 Å². The fourth-order valence-corrected chi connectivity index (χ4v) is 7.14. The second-order valence-corrected chi connectivity index (χ2v) is 17.4. The van der Waals surface area contributed by atoms with Crippen LogP contribution in [0.5, 0.6) is 0 Å². The Morgan fingerprint density at radius 3 is 0.769 bits per heavy atom. The van der Waals surface area contributed by atoms with E-state index in [1.165, 1.54) is 108 Å². The summed E-state index contributed by atoms with van der Waals surface area (Å²) in [4.78, 5) is 0.129. The molecule has 65 heavy (non-hydrogen) atoms. The molecule has 0 amide bonds. The summed E-state index contributed by atoms with van der Waals surface area (Å²) in [6, 6.07) is 6.49. The number of rotatable bonds is 55.